The van der Waals surface area contributed by atoms with Crippen LogP contribution in [0.25, 0.3) is 0 Å². The van der Waals surface area contributed by atoms with Crippen molar-refractivity contribution in [3.05, 3.63) is 46.8 Å². The zero-order valence-corrected chi connectivity index (χ0v) is 11.1. The molecule has 0 radical (unpaired) electrons. The minimum atomic E-state index is -0.335. The molecule has 8 nitrogen and oxygen atoms in total. The molecule has 1 aliphatic rings. The average molecular weight is 287 g/mol. The van der Waals surface area contributed by atoms with Crippen molar-refractivity contribution in [3.63, 3.8) is 0 Å². The second-order valence-electron chi connectivity index (χ2n) is 4.63. The monoisotopic (exact) mass is 287 g/mol. The number of nitrogens with zero attached hydrogens (tertiary/aromatic N) is 4. The Morgan fingerprint density at radius 1 is 1.38 bits per heavy atom. The summed E-state index contributed by atoms with van der Waals surface area (Å²) in [6.45, 7) is 1.04. The Morgan fingerprint density at radius 2 is 2.29 bits per heavy atom. The largest absolute Gasteiger partial charge is 0.472 e. The zero-order valence-electron chi connectivity index (χ0n) is 11.1. The van der Waals surface area contributed by atoms with E-state index in [1.807, 2.05) is 0 Å². The van der Waals surface area contributed by atoms with Crippen LogP contribution in [-0.2, 0) is 0 Å². The topological polar surface area (TPSA) is 101 Å². The molecule has 1 amide bonds. The van der Waals surface area contributed by atoms with Crippen LogP contribution >= 0.6 is 0 Å². The van der Waals surface area contributed by atoms with Gasteiger partial charge in [0.1, 0.15) is 18.1 Å². The lowest BCUT2D eigenvalue weighted by Crippen LogP contribution is -2.32. The van der Waals surface area contributed by atoms with E-state index in [-0.39, 0.29) is 23.3 Å². The Kier molecular flexibility index (Phi) is 3.59. The second-order valence-corrected chi connectivity index (χ2v) is 4.63. The van der Waals surface area contributed by atoms with E-state index in [1.165, 1.54) is 18.5 Å². The summed E-state index contributed by atoms with van der Waals surface area (Å²) in [6, 6.07) is 4.37. The number of H-pyrrole nitrogens is 1. The van der Waals surface area contributed by atoms with Gasteiger partial charge in [-0.3, -0.25) is 9.59 Å². The number of hydrogen-bond acceptors (Lipinski definition) is 6. The molecule has 8 heteroatoms. The summed E-state index contributed by atoms with van der Waals surface area (Å²) in [5, 5.41) is 6.00. The van der Waals surface area contributed by atoms with E-state index >= 15 is 0 Å². The number of likely N-dealkylation sites (tertiary alicyclic amines) is 1. The third kappa shape index (κ3) is 3.04. The number of carbonyl (C=O) groups is 1. The molecular formula is C13H13N5O3. The van der Waals surface area contributed by atoms with Gasteiger partial charge in [0.2, 0.25) is 5.88 Å². The minimum absolute atomic E-state index is 0.105. The third-order valence-electron chi connectivity index (χ3n) is 3.17. The lowest BCUT2D eigenvalue weighted by molar-refractivity contribution is 0.0764. The van der Waals surface area contributed by atoms with Gasteiger partial charge in [-0.05, 0) is 6.07 Å². The van der Waals surface area contributed by atoms with E-state index in [4.69, 9.17) is 4.74 Å². The van der Waals surface area contributed by atoms with Gasteiger partial charge in [-0.15, -0.1) is 0 Å². The van der Waals surface area contributed by atoms with Crippen LogP contribution in [0.4, 0.5) is 0 Å². The third-order valence-corrected chi connectivity index (χ3v) is 3.17. The minimum Gasteiger partial charge on any atom is -0.472 e. The predicted octanol–water partition coefficient (Wildman–Crippen LogP) is -0.147. The maximum Gasteiger partial charge on any atom is 0.274 e. The molecule has 1 atom stereocenters. The van der Waals surface area contributed by atoms with E-state index in [1.54, 1.807) is 17.2 Å². The van der Waals surface area contributed by atoms with Crippen LogP contribution in [0.1, 0.15) is 16.9 Å². The zero-order chi connectivity index (χ0) is 14.7. The molecule has 1 fully saturated rings. The van der Waals surface area contributed by atoms with Crippen LogP contribution in [0, 0.1) is 0 Å². The Bertz CT molecular complexity index is 667. The molecule has 0 saturated carbocycles. The van der Waals surface area contributed by atoms with Gasteiger partial charge in [0.15, 0.2) is 0 Å². The number of amides is 1. The number of carbonyl (C=O) groups excluding carboxylic acids is 1. The quantitative estimate of drug-likeness (QED) is 0.842. The first-order valence-electron chi connectivity index (χ1n) is 6.50. The predicted molar refractivity (Wildman–Crippen MR) is 71.8 cm³/mol. The van der Waals surface area contributed by atoms with Gasteiger partial charge in [-0.2, -0.15) is 5.10 Å². The lowest BCUT2D eigenvalue weighted by Gasteiger charge is -2.16. The van der Waals surface area contributed by atoms with Gasteiger partial charge in [0.25, 0.3) is 11.5 Å². The van der Waals surface area contributed by atoms with E-state index in [2.05, 4.69) is 20.2 Å². The van der Waals surface area contributed by atoms with Crippen molar-refractivity contribution in [2.45, 2.75) is 12.5 Å². The number of nitrogens with one attached hydrogen (secondary N) is 1. The summed E-state index contributed by atoms with van der Waals surface area (Å²) >= 11 is 0. The fourth-order valence-corrected chi connectivity index (χ4v) is 2.15. The summed E-state index contributed by atoms with van der Waals surface area (Å²) in [4.78, 5) is 32.6. The second kappa shape index (κ2) is 5.70. The van der Waals surface area contributed by atoms with Crippen molar-refractivity contribution in [3.8, 4) is 5.88 Å². The van der Waals surface area contributed by atoms with E-state index in [0.717, 1.165) is 6.42 Å². The van der Waals surface area contributed by atoms with Gasteiger partial charge in [0.05, 0.1) is 6.54 Å². The Labute approximate surface area is 119 Å². The van der Waals surface area contributed by atoms with Crippen molar-refractivity contribution in [2.75, 3.05) is 13.1 Å². The van der Waals surface area contributed by atoms with Crippen LogP contribution in [0.5, 0.6) is 5.88 Å². The number of hydrogen-bond donors (Lipinski definition) is 1. The van der Waals surface area contributed by atoms with Crippen molar-refractivity contribution >= 4 is 5.91 Å². The molecule has 3 rings (SSSR count). The number of aromatic amines is 1. The normalized spacial score (nSPS) is 17.7. The van der Waals surface area contributed by atoms with E-state index < -0.39 is 0 Å². The van der Waals surface area contributed by atoms with E-state index in [9.17, 15) is 9.59 Å². The van der Waals surface area contributed by atoms with Crippen LogP contribution in [0.15, 0.2) is 35.5 Å². The fraction of sp³-hybridized carbons (Fsp3) is 0.308. The summed E-state index contributed by atoms with van der Waals surface area (Å²) in [7, 11) is 0. The summed E-state index contributed by atoms with van der Waals surface area (Å²) in [5.74, 6) is 0.270. The van der Waals surface area contributed by atoms with Crippen molar-refractivity contribution in [2.24, 2.45) is 0 Å². The highest BCUT2D eigenvalue weighted by Gasteiger charge is 2.29. The van der Waals surface area contributed by atoms with Crippen LogP contribution in [-0.4, -0.2) is 50.2 Å². The standard InChI is InChI=1S/C13H13N5O3/c19-11-2-1-10(16-17-11)13(20)18-6-4-9(7-18)21-12-3-5-14-8-15-12/h1-3,5,8-9H,4,6-7H2,(H,17,19). The summed E-state index contributed by atoms with van der Waals surface area (Å²) in [6.07, 6.45) is 3.63. The molecule has 3 heterocycles. The molecule has 1 aliphatic heterocycles. The number of aromatic nitrogens is 4. The van der Waals surface area contributed by atoms with Gasteiger partial charge in [-0.1, -0.05) is 0 Å². The van der Waals surface area contributed by atoms with Crippen molar-refractivity contribution < 1.29 is 9.53 Å². The molecule has 2 aromatic rings. The summed E-state index contributed by atoms with van der Waals surface area (Å²) < 4.78 is 5.69. The molecule has 1 unspecified atom stereocenters. The summed E-state index contributed by atoms with van der Waals surface area (Å²) in [5.41, 5.74) is -0.116. The first kappa shape index (κ1) is 13.2. The first-order chi connectivity index (χ1) is 10.2. The Morgan fingerprint density at radius 3 is 3.00 bits per heavy atom. The molecule has 0 spiro atoms. The van der Waals surface area contributed by atoms with Crippen molar-refractivity contribution in [1.29, 1.82) is 0 Å². The molecular weight excluding hydrogens is 274 g/mol. The number of ether oxygens (including phenoxy) is 1. The molecule has 2 aromatic heterocycles. The van der Waals surface area contributed by atoms with Crippen LogP contribution < -0.4 is 10.3 Å². The SMILES string of the molecule is O=C(c1ccc(=O)[nH]n1)N1CCC(Oc2ccncn2)C1. The fourth-order valence-electron chi connectivity index (χ4n) is 2.15. The Balaban J connectivity index is 1.63. The smallest absolute Gasteiger partial charge is 0.274 e. The molecule has 108 valence electrons. The molecule has 1 saturated heterocycles. The lowest BCUT2D eigenvalue weighted by atomic mass is 10.3. The van der Waals surface area contributed by atoms with Gasteiger partial charge in [-0.25, -0.2) is 15.1 Å². The first-order valence-corrected chi connectivity index (χ1v) is 6.50. The highest BCUT2D eigenvalue weighted by Crippen LogP contribution is 2.17. The maximum atomic E-state index is 12.2. The molecule has 21 heavy (non-hydrogen) atoms. The Hall–Kier alpha value is -2.77. The van der Waals surface area contributed by atoms with Gasteiger partial charge < -0.3 is 9.64 Å². The van der Waals surface area contributed by atoms with Crippen LogP contribution in [0.2, 0.25) is 0 Å². The molecule has 0 aliphatic carbocycles. The maximum absolute atomic E-state index is 12.2. The van der Waals surface area contributed by atoms with Crippen LogP contribution in [0.3, 0.4) is 0 Å². The van der Waals surface area contributed by atoms with Crippen molar-refractivity contribution in [1.82, 2.24) is 25.1 Å². The highest BCUT2D eigenvalue weighted by atomic mass is 16.5. The molecule has 0 aromatic carbocycles. The average Bonchev–Trinajstić information content (AvgIpc) is 2.97. The highest BCUT2D eigenvalue weighted by molar-refractivity contribution is 5.92. The molecule has 1 N–H and O–H groups in total. The number of rotatable bonds is 3. The van der Waals surface area contributed by atoms with Gasteiger partial charge in [0, 0.05) is 31.3 Å². The van der Waals surface area contributed by atoms with E-state index in [0.29, 0.717) is 19.0 Å². The van der Waals surface area contributed by atoms with Gasteiger partial charge >= 0.3 is 0 Å². The molecule has 0 bridgehead atoms.